The number of aromatic nitrogens is 1. The second kappa shape index (κ2) is 10.3. The number of hydrogen-bond acceptors (Lipinski definition) is 7. The number of rotatable bonds is 7. The van der Waals surface area contributed by atoms with Crippen molar-refractivity contribution in [3.05, 3.63) is 90.6 Å². The summed E-state index contributed by atoms with van der Waals surface area (Å²) in [5.74, 6) is 0.253. The standard InChI is InChI=1S/C27H29N3O4S/c1-6-29(7-2)20-12-10-19(11-13-20)24-23(26(32)34-5)17(3)28-27-30(24)25(31)22(35-27)16-18-8-14-21(33-4)15-9-18/h8-16,24H,6-7H2,1-5H3. The lowest BCUT2D eigenvalue weighted by Gasteiger charge is -2.26. The van der Waals surface area contributed by atoms with Gasteiger partial charge in [-0.1, -0.05) is 35.6 Å². The van der Waals surface area contributed by atoms with Crippen molar-refractivity contribution in [2.75, 3.05) is 32.2 Å². The zero-order chi connectivity index (χ0) is 25.1. The van der Waals surface area contributed by atoms with Crippen LogP contribution >= 0.6 is 11.3 Å². The van der Waals surface area contributed by atoms with Crippen molar-refractivity contribution in [1.82, 2.24) is 4.57 Å². The van der Waals surface area contributed by atoms with Crippen LogP contribution in [0.15, 0.2) is 69.6 Å². The van der Waals surface area contributed by atoms with Gasteiger partial charge in [-0.3, -0.25) is 9.36 Å². The molecule has 1 aliphatic rings. The van der Waals surface area contributed by atoms with E-state index in [1.165, 1.54) is 18.4 Å². The zero-order valence-electron chi connectivity index (χ0n) is 20.6. The summed E-state index contributed by atoms with van der Waals surface area (Å²) in [6.07, 6.45) is 1.83. The van der Waals surface area contributed by atoms with Crippen LogP contribution in [0.4, 0.5) is 5.69 Å². The van der Waals surface area contributed by atoms with Crippen LogP contribution < -0.4 is 24.5 Å². The van der Waals surface area contributed by atoms with Crippen molar-refractivity contribution in [3.8, 4) is 5.75 Å². The Morgan fingerprint density at radius 3 is 2.31 bits per heavy atom. The summed E-state index contributed by atoms with van der Waals surface area (Å²) in [6.45, 7) is 7.79. The second-order valence-corrected chi connectivity index (χ2v) is 9.12. The maximum atomic E-state index is 13.6. The Kier molecular flexibility index (Phi) is 7.21. The number of allylic oxidation sites excluding steroid dienone is 1. The average Bonchev–Trinajstić information content (AvgIpc) is 3.18. The molecule has 8 heteroatoms. The van der Waals surface area contributed by atoms with E-state index in [1.807, 2.05) is 54.6 Å². The van der Waals surface area contributed by atoms with Gasteiger partial charge in [0.2, 0.25) is 0 Å². The van der Waals surface area contributed by atoms with Gasteiger partial charge in [0, 0.05) is 18.8 Å². The minimum atomic E-state index is -0.623. The van der Waals surface area contributed by atoms with E-state index >= 15 is 0 Å². The van der Waals surface area contributed by atoms with Gasteiger partial charge in [-0.2, -0.15) is 0 Å². The van der Waals surface area contributed by atoms with Crippen LogP contribution in [0.1, 0.15) is 37.9 Å². The van der Waals surface area contributed by atoms with E-state index in [9.17, 15) is 9.59 Å². The Morgan fingerprint density at radius 2 is 1.74 bits per heavy atom. The molecule has 0 fully saturated rings. The number of esters is 1. The Labute approximate surface area is 208 Å². The number of carbonyl (C=O) groups is 1. The average molecular weight is 492 g/mol. The quantitative estimate of drug-likeness (QED) is 0.475. The van der Waals surface area contributed by atoms with Gasteiger partial charge in [0.25, 0.3) is 5.56 Å². The van der Waals surface area contributed by atoms with Gasteiger partial charge in [-0.15, -0.1) is 0 Å². The minimum absolute atomic E-state index is 0.198. The predicted octanol–water partition coefficient (Wildman–Crippen LogP) is 3.26. The molecule has 1 unspecified atom stereocenters. The molecule has 0 spiro atoms. The first kappa shape index (κ1) is 24.5. The van der Waals surface area contributed by atoms with Crippen LogP contribution in [0.25, 0.3) is 6.08 Å². The number of thiazole rings is 1. The molecule has 182 valence electrons. The largest absolute Gasteiger partial charge is 0.497 e. The van der Waals surface area contributed by atoms with Crippen molar-refractivity contribution in [1.29, 1.82) is 0 Å². The number of ether oxygens (including phenoxy) is 2. The van der Waals surface area contributed by atoms with Gasteiger partial charge >= 0.3 is 5.97 Å². The number of hydrogen-bond donors (Lipinski definition) is 0. The van der Waals surface area contributed by atoms with Crippen molar-refractivity contribution >= 4 is 29.1 Å². The molecule has 0 radical (unpaired) electrons. The lowest BCUT2D eigenvalue weighted by Crippen LogP contribution is -2.39. The van der Waals surface area contributed by atoms with Gasteiger partial charge in [0.05, 0.1) is 36.1 Å². The molecule has 4 rings (SSSR count). The molecular weight excluding hydrogens is 462 g/mol. The Hall–Kier alpha value is -3.65. The molecule has 1 aromatic heterocycles. The number of fused-ring (bicyclic) bond motifs is 1. The van der Waals surface area contributed by atoms with E-state index < -0.39 is 12.0 Å². The summed E-state index contributed by atoms with van der Waals surface area (Å²) in [5.41, 5.74) is 3.51. The second-order valence-electron chi connectivity index (χ2n) is 8.11. The molecule has 0 saturated carbocycles. The topological polar surface area (TPSA) is 73.1 Å². The molecule has 0 amide bonds. The molecule has 35 heavy (non-hydrogen) atoms. The molecule has 0 saturated heterocycles. The first-order valence-corrected chi connectivity index (χ1v) is 12.3. The summed E-state index contributed by atoms with van der Waals surface area (Å²) in [4.78, 5) is 33.9. The van der Waals surface area contributed by atoms with E-state index in [-0.39, 0.29) is 5.56 Å². The fraction of sp³-hybridized carbons (Fsp3) is 0.296. The summed E-state index contributed by atoms with van der Waals surface area (Å²) in [5, 5.41) is 0. The van der Waals surface area contributed by atoms with Gasteiger partial charge in [0.15, 0.2) is 4.80 Å². The summed E-state index contributed by atoms with van der Waals surface area (Å²) in [7, 11) is 2.96. The maximum Gasteiger partial charge on any atom is 0.338 e. The highest BCUT2D eigenvalue weighted by atomic mass is 32.1. The van der Waals surface area contributed by atoms with Crippen molar-refractivity contribution in [3.63, 3.8) is 0 Å². The Balaban J connectivity index is 1.88. The lowest BCUT2D eigenvalue weighted by atomic mass is 9.95. The molecule has 2 aromatic carbocycles. The zero-order valence-corrected chi connectivity index (χ0v) is 21.4. The SMILES string of the molecule is CCN(CC)c1ccc(C2C(C(=O)OC)=C(C)N=c3sc(=Cc4ccc(OC)cc4)c(=O)n32)cc1. The fourth-order valence-electron chi connectivity index (χ4n) is 4.32. The Morgan fingerprint density at radius 1 is 1.09 bits per heavy atom. The highest BCUT2D eigenvalue weighted by Gasteiger charge is 2.33. The van der Waals surface area contributed by atoms with Gasteiger partial charge in [-0.25, -0.2) is 9.79 Å². The summed E-state index contributed by atoms with van der Waals surface area (Å²) in [6, 6.07) is 14.9. The van der Waals surface area contributed by atoms with Gasteiger partial charge in [-0.05, 0) is 62.2 Å². The first-order valence-electron chi connectivity index (χ1n) is 11.5. The molecule has 0 bridgehead atoms. The molecule has 0 aliphatic carbocycles. The monoisotopic (exact) mass is 491 g/mol. The van der Waals surface area contributed by atoms with E-state index in [1.54, 1.807) is 18.6 Å². The van der Waals surface area contributed by atoms with Crippen molar-refractivity contribution in [2.24, 2.45) is 4.99 Å². The third-order valence-corrected chi connectivity index (χ3v) is 7.16. The number of methoxy groups -OCH3 is 2. The van der Waals surface area contributed by atoms with Crippen LogP contribution in [-0.4, -0.2) is 37.8 Å². The number of nitrogens with zero attached hydrogens (tertiary/aromatic N) is 3. The van der Waals surface area contributed by atoms with Crippen LogP contribution in [-0.2, 0) is 9.53 Å². The van der Waals surface area contributed by atoms with E-state index in [4.69, 9.17) is 9.47 Å². The molecule has 7 nitrogen and oxygen atoms in total. The molecule has 0 N–H and O–H groups in total. The molecule has 1 atom stereocenters. The Bertz CT molecular complexity index is 1430. The number of benzene rings is 2. The molecule has 1 aliphatic heterocycles. The molecule has 2 heterocycles. The minimum Gasteiger partial charge on any atom is -0.497 e. The maximum absolute atomic E-state index is 13.6. The van der Waals surface area contributed by atoms with Crippen LogP contribution in [0.3, 0.4) is 0 Å². The van der Waals surface area contributed by atoms with Gasteiger partial charge in [0.1, 0.15) is 5.75 Å². The molecular formula is C27H29N3O4S. The van der Waals surface area contributed by atoms with E-state index in [2.05, 4.69) is 23.7 Å². The highest BCUT2D eigenvalue weighted by molar-refractivity contribution is 7.07. The number of carbonyl (C=O) groups excluding carboxylic acids is 1. The normalized spacial score (nSPS) is 15.5. The van der Waals surface area contributed by atoms with Crippen molar-refractivity contribution in [2.45, 2.75) is 26.8 Å². The third-order valence-electron chi connectivity index (χ3n) is 6.18. The third kappa shape index (κ3) is 4.66. The predicted molar refractivity (Wildman–Crippen MR) is 139 cm³/mol. The van der Waals surface area contributed by atoms with Crippen LogP contribution in [0.5, 0.6) is 5.75 Å². The van der Waals surface area contributed by atoms with Crippen LogP contribution in [0, 0.1) is 0 Å². The van der Waals surface area contributed by atoms with Crippen LogP contribution in [0.2, 0.25) is 0 Å². The van der Waals surface area contributed by atoms with E-state index in [0.717, 1.165) is 35.7 Å². The fourth-order valence-corrected chi connectivity index (χ4v) is 5.36. The summed E-state index contributed by atoms with van der Waals surface area (Å²) >= 11 is 1.31. The van der Waals surface area contributed by atoms with Crippen molar-refractivity contribution < 1.29 is 14.3 Å². The van der Waals surface area contributed by atoms with E-state index in [0.29, 0.717) is 20.6 Å². The molecule has 3 aromatic rings. The summed E-state index contributed by atoms with van der Waals surface area (Å²) < 4.78 is 12.5. The smallest absolute Gasteiger partial charge is 0.338 e. The lowest BCUT2D eigenvalue weighted by molar-refractivity contribution is -0.136. The highest BCUT2D eigenvalue weighted by Crippen LogP contribution is 2.31. The number of anilines is 1. The van der Waals surface area contributed by atoms with Gasteiger partial charge < -0.3 is 14.4 Å². The first-order chi connectivity index (χ1) is 16.9.